The lowest BCUT2D eigenvalue weighted by atomic mass is 9.69. The zero-order valence-electron chi connectivity index (χ0n) is 17.2. The normalized spacial score (nSPS) is 30.4. The summed E-state index contributed by atoms with van der Waals surface area (Å²) in [4.78, 5) is 0. The van der Waals surface area contributed by atoms with Crippen LogP contribution in [0.2, 0.25) is 0 Å². The highest BCUT2D eigenvalue weighted by Gasteiger charge is 2.29. The van der Waals surface area contributed by atoms with Gasteiger partial charge in [0.1, 0.15) is 0 Å². The summed E-state index contributed by atoms with van der Waals surface area (Å²) in [6, 6.07) is 4.84. The number of aryl methyl sites for hydroxylation is 3. The lowest BCUT2D eigenvalue weighted by molar-refractivity contribution is 0.147. The molecule has 3 rings (SSSR count). The second-order valence-corrected chi connectivity index (χ2v) is 9.55. The highest BCUT2D eigenvalue weighted by molar-refractivity contribution is 5.36. The fourth-order valence-corrected chi connectivity index (χ4v) is 5.57. The molecule has 0 N–H and O–H groups in total. The van der Waals surface area contributed by atoms with E-state index in [1.165, 1.54) is 87.3 Å². The minimum atomic E-state index is 1.00. The molecule has 0 atom stereocenters. The molecular formula is C25H40. The van der Waals surface area contributed by atoms with Gasteiger partial charge in [-0.05, 0) is 105 Å². The Balaban J connectivity index is 1.38. The summed E-state index contributed by atoms with van der Waals surface area (Å²) in [5.41, 5.74) is 5.97. The molecule has 0 aliphatic heterocycles. The average Bonchev–Trinajstić information content (AvgIpc) is 2.61. The van der Waals surface area contributed by atoms with E-state index >= 15 is 0 Å². The zero-order chi connectivity index (χ0) is 17.8. The topological polar surface area (TPSA) is 0 Å². The van der Waals surface area contributed by atoms with Crippen LogP contribution in [-0.4, -0.2) is 0 Å². The molecule has 0 heteroatoms. The van der Waals surface area contributed by atoms with Crippen molar-refractivity contribution in [1.82, 2.24) is 0 Å². The lowest BCUT2D eigenvalue weighted by Gasteiger charge is -2.37. The van der Waals surface area contributed by atoms with Gasteiger partial charge < -0.3 is 0 Å². The smallest absolute Gasteiger partial charge is 0.0279 e. The van der Waals surface area contributed by atoms with Crippen LogP contribution in [0.15, 0.2) is 12.1 Å². The largest absolute Gasteiger partial charge is 0.0625 e. The molecular weight excluding hydrogens is 300 g/mol. The van der Waals surface area contributed by atoms with Crippen LogP contribution in [-0.2, 0) is 6.42 Å². The molecule has 2 aliphatic carbocycles. The molecule has 1 aromatic rings. The fourth-order valence-electron chi connectivity index (χ4n) is 5.57. The van der Waals surface area contributed by atoms with Gasteiger partial charge in [0.15, 0.2) is 0 Å². The maximum atomic E-state index is 2.45. The molecule has 0 spiro atoms. The summed E-state index contributed by atoms with van der Waals surface area (Å²) in [6.07, 6.45) is 16.3. The summed E-state index contributed by atoms with van der Waals surface area (Å²) in [5.74, 6) is 4.18. The van der Waals surface area contributed by atoms with Crippen LogP contribution in [0.4, 0.5) is 0 Å². The van der Waals surface area contributed by atoms with Crippen molar-refractivity contribution in [3.8, 4) is 0 Å². The molecule has 0 amide bonds. The zero-order valence-corrected chi connectivity index (χ0v) is 17.2. The molecule has 0 heterocycles. The van der Waals surface area contributed by atoms with E-state index in [0.29, 0.717) is 0 Å². The third-order valence-electron chi connectivity index (χ3n) is 7.68. The molecule has 0 unspecified atom stereocenters. The van der Waals surface area contributed by atoms with Crippen LogP contribution >= 0.6 is 0 Å². The maximum Gasteiger partial charge on any atom is -0.0279 e. The lowest BCUT2D eigenvalue weighted by Crippen LogP contribution is -2.25. The van der Waals surface area contributed by atoms with Gasteiger partial charge in [-0.3, -0.25) is 0 Å². The highest BCUT2D eigenvalue weighted by Crippen LogP contribution is 2.42. The van der Waals surface area contributed by atoms with E-state index in [1.807, 2.05) is 0 Å². The van der Waals surface area contributed by atoms with Crippen molar-refractivity contribution in [2.24, 2.45) is 23.7 Å². The van der Waals surface area contributed by atoms with Crippen molar-refractivity contribution in [3.05, 3.63) is 34.4 Å². The number of rotatable bonds is 5. The van der Waals surface area contributed by atoms with E-state index in [-0.39, 0.29) is 0 Å². The van der Waals surface area contributed by atoms with Crippen molar-refractivity contribution >= 4 is 0 Å². The van der Waals surface area contributed by atoms with Gasteiger partial charge >= 0.3 is 0 Å². The van der Waals surface area contributed by atoms with Crippen molar-refractivity contribution in [1.29, 1.82) is 0 Å². The number of hydrogen-bond acceptors (Lipinski definition) is 0. The second-order valence-electron chi connectivity index (χ2n) is 9.55. The predicted octanol–water partition coefficient (Wildman–Crippen LogP) is 7.57. The molecule has 0 saturated heterocycles. The quantitative estimate of drug-likeness (QED) is 0.518. The van der Waals surface area contributed by atoms with Crippen molar-refractivity contribution < 1.29 is 0 Å². The Hall–Kier alpha value is -0.780. The molecule has 0 radical (unpaired) electrons. The van der Waals surface area contributed by atoms with Gasteiger partial charge in [0, 0.05) is 0 Å². The van der Waals surface area contributed by atoms with E-state index in [0.717, 1.165) is 23.7 Å². The van der Waals surface area contributed by atoms with Gasteiger partial charge in [0.05, 0.1) is 0 Å². The predicted molar refractivity (Wildman–Crippen MR) is 110 cm³/mol. The van der Waals surface area contributed by atoms with Gasteiger partial charge in [-0.1, -0.05) is 51.2 Å². The SMILES string of the molecule is Cc1cc(CCCC2CCC(C3CCC(C)CC3)CC2)cc(C)c1C. The fraction of sp³-hybridized carbons (Fsp3) is 0.760. The average molecular weight is 341 g/mol. The second kappa shape index (κ2) is 8.74. The molecule has 2 fully saturated rings. The summed E-state index contributed by atoms with van der Waals surface area (Å²) in [5, 5.41) is 0. The van der Waals surface area contributed by atoms with Crippen LogP contribution in [0.3, 0.4) is 0 Å². The number of benzene rings is 1. The molecule has 2 aliphatic rings. The molecule has 0 aromatic heterocycles. The van der Waals surface area contributed by atoms with Crippen LogP contribution in [0.1, 0.15) is 93.4 Å². The van der Waals surface area contributed by atoms with Crippen molar-refractivity contribution in [3.63, 3.8) is 0 Å². The van der Waals surface area contributed by atoms with Gasteiger partial charge in [-0.15, -0.1) is 0 Å². The first-order valence-electron chi connectivity index (χ1n) is 11.1. The summed E-state index contributed by atoms with van der Waals surface area (Å²) < 4.78 is 0. The van der Waals surface area contributed by atoms with Crippen molar-refractivity contribution in [2.45, 2.75) is 98.3 Å². The van der Waals surface area contributed by atoms with E-state index in [1.54, 1.807) is 5.56 Å². The molecule has 25 heavy (non-hydrogen) atoms. The summed E-state index contributed by atoms with van der Waals surface area (Å²) >= 11 is 0. The van der Waals surface area contributed by atoms with E-state index in [9.17, 15) is 0 Å². The first kappa shape index (κ1) is 19.0. The first-order valence-corrected chi connectivity index (χ1v) is 11.1. The van der Waals surface area contributed by atoms with Crippen LogP contribution < -0.4 is 0 Å². The Morgan fingerprint density at radius 2 is 1.28 bits per heavy atom. The van der Waals surface area contributed by atoms with Crippen LogP contribution in [0, 0.1) is 44.4 Å². The molecule has 2 saturated carbocycles. The Labute approximate surface area is 156 Å². The third kappa shape index (κ3) is 5.11. The molecule has 140 valence electrons. The Kier molecular flexibility index (Phi) is 6.64. The minimum Gasteiger partial charge on any atom is -0.0625 e. The Morgan fingerprint density at radius 3 is 1.84 bits per heavy atom. The van der Waals surface area contributed by atoms with Gasteiger partial charge in [0.25, 0.3) is 0 Å². The molecule has 0 bridgehead atoms. The summed E-state index contributed by atoms with van der Waals surface area (Å²) in [7, 11) is 0. The van der Waals surface area contributed by atoms with Gasteiger partial charge in [-0.25, -0.2) is 0 Å². The van der Waals surface area contributed by atoms with Crippen LogP contribution in [0.5, 0.6) is 0 Å². The maximum absolute atomic E-state index is 2.45. The highest BCUT2D eigenvalue weighted by atomic mass is 14.3. The van der Waals surface area contributed by atoms with Crippen molar-refractivity contribution in [2.75, 3.05) is 0 Å². The van der Waals surface area contributed by atoms with E-state index in [4.69, 9.17) is 0 Å². The van der Waals surface area contributed by atoms with E-state index in [2.05, 4.69) is 39.8 Å². The first-order chi connectivity index (χ1) is 12.0. The standard InChI is InChI=1S/C25H40/c1-18-8-12-24(13-9-18)25-14-10-22(11-15-25)6-5-7-23-16-19(2)21(4)20(3)17-23/h16-18,22,24-25H,5-15H2,1-4H3. The Morgan fingerprint density at radius 1 is 0.760 bits per heavy atom. The third-order valence-corrected chi connectivity index (χ3v) is 7.68. The van der Waals surface area contributed by atoms with Crippen LogP contribution in [0.25, 0.3) is 0 Å². The number of hydrogen-bond donors (Lipinski definition) is 0. The monoisotopic (exact) mass is 340 g/mol. The van der Waals surface area contributed by atoms with Gasteiger partial charge in [0.2, 0.25) is 0 Å². The minimum absolute atomic E-state index is 1.00. The molecule has 1 aromatic carbocycles. The van der Waals surface area contributed by atoms with E-state index < -0.39 is 0 Å². The summed E-state index contributed by atoms with van der Waals surface area (Å²) in [6.45, 7) is 9.22. The van der Waals surface area contributed by atoms with Gasteiger partial charge in [-0.2, -0.15) is 0 Å². The Bertz CT molecular complexity index is 516. The molecule has 0 nitrogen and oxygen atoms in total.